The van der Waals surface area contributed by atoms with E-state index in [-0.39, 0.29) is 0 Å². The summed E-state index contributed by atoms with van der Waals surface area (Å²) in [5.74, 6) is 3.83. The van der Waals surface area contributed by atoms with Crippen LogP contribution < -0.4 is 5.32 Å². The van der Waals surface area contributed by atoms with Crippen molar-refractivity contribution in [2.45, 2.75) is 50.6 Å². The van der Waals surface area contributed by atoms with E-state index in [4.69, 9.17) is 0 Å². The van der Waals surface area contributed by atoms with Crippen molar-refractivity contribution in [2.24, 2.45) is 5.92 Å². The molecule has 2 saturated heterocycles. The largest absolute Gasteiger partial charge is 0.313 e. The molecule has 2 atom stereocenters. The molecule has 2 aliphatic heterocycles. The van der Waals surface area contributed by atoms with Crippen LogP contribution in [0.2, 0.25) is 0 Å². The minimum Gasteiger partial charge on any atom is -0.313 e. The maximum absolute atomic E-state index is 3.78. The van der Waals surface area contributed by atoms with Gasteiger partial charge >= 0.3 is 0 Å². The average Bonchev–Trinajstić information content (AvgIpc) is 3.05. The third kappa shape index (κ3) is 3.62. The minimum atomic E-state index is 0.816. The maximum Gasteiger partial charge on any atom is 0.0111 e. The first kappa shape index (κ1) is 12.3. The zero-order chi connectivity index (χ0) is 11.5. The second-order valence-corrected chi connectivity index (χ2v) is 7.18. The molecule has 0 unspecified atom stereocenters. The van der Waals surface area contributed by atoms with Gasteiger partial charge in [-0.3, -0.25) is 0 Å². The summed E-state index contributed by atoms with van der Waals surface area (Å²) >= 11 is 2.16. The SMILES string of the molecule is C1C[C@@H]2C[C@@H](NCCSCC3CC3)CCN2C1. The third-order valence-corrected chi connectivity index (χ3v) is 5.75. The first-order valence-electron chi connectivity index (χ1n) is 7.47. The summed E-state index contributed by atoms with van der Waals surface area (Å²) in [4.78, 5) is 2.71. The molecule has 3 rings (SSSR count). The van der Waals surface area contributed by atoms with Gasteiger partial charge in [-0.15, -0.1) is 0 Å². The van der Waals surface area contributed by atoms with E-state index in [1.54, 1.807) is 0 Å². The molecule has 1 saturated carbocycles. The highest BCUT2D eigenvalue weighted by molar-refractivity contribution is 7.99. The van der Waals surface area contributed by atoms with Gasteiger partial charge in [0.15, 0.2) is 0 Å². The summed E-state index contributed by atoms with van der Waals surface area (Å²) in [6, 6.07) is 1.73. The minimum absolute atomic E-state index is 0.816. The van der Waals surface area contributed by atoms with Crippen LogP contribution in [0.4, 0.5) is 0 Å². The van der Waals surface area contributed by atoms with Gasteiger partial charge in [0.05, 0.1) is 0 Å². The summed E-state index contributed by atoms with van der Waals surface area (Å²) in [7, 11) is 0. The van der Waals surface area contributed by atoms with Crippen molar-refractivity contribution in [2.75, 3.05) is 31.1 Å². The van der Waals surface area contributed by atoms with Crippen molar-refractivity contribution in [1.82, 2.24) is 10.2 Å². The normalized spacial score (nSPS) is 33.9. The Morgan fingerprint density at radius 1 is 1.12 bits per heavy atom. The van der Waals surface area contributed by atoms with Gasteiger partial charge in [0.25, 0.3) is 0 Å². The van der Waals surface area contributed by atoms with Crippen LogP contribution in [-0.2, 0) is 0 Å². The van der Waals surface area contributed by atoms with E-state index in [0.29, 0.717) is 0 Å². The van der Waals surface area contributed by atoms with Crippen LogP contribution in [-0.4, -0.2) is 48.1 Å². The number of hydrogen-bond donors (Lipinski definition) is 1. The molecule has 17 heavy (non-hydrogen) atoms. The van der Waals surface area contributed by atoms with E-state index >= 15 is 0 Å². The van der Waals surface area contributed by atoms with Gasteiger partial charge < -0.3 is 10.2 Å². The second-order valence-electron chi connectivity index (χ2n) is 6.03. The summed E-state index contributed by atoms with van der Waals surface area (Å²) < 4.78 is 0. The number of nitrogens with one attached hydrogen (secondary N) is 1. The lowest BCUT2D eigenvalue weighted by Crippen LogP contribution is -2.46. The van der Waals surface area contributed by atoms with E-state index in [1.807, 2.05) is 0 Å². The van der Waals surface area contributed by atoms with Gasteiger partial charge in [0.1, 0.15) is 0 Å². The Morgan fingerprint density at radius 2 is 2.06 bits per heavy atom. The Morgan fingerprint density at radius 3 is 2.94 bits per heavy atom. The number of hydrogen-bond acceptors (Lipinski definition) is 3. The van der Waals surface area contributed by atoms with Gasteiger partial charge in [-0.25, -0.2) is 0 Å². The van der Waals surface area contributed by atoms with Crippen LogP contribution in [0.3, 0.4) is 0 Å². The van der Waals surface area contributed by atoms with Crippen molar-refractivity contribution in [3.63, 3.8) is 0 Å². The lowest BCUT2D eigenvalue weighted by atomic mass is 9.98. The number of rotatable bonds is 6. The quantitative estimate of drug-likeness (QED) is 0.733. The second kappa shape index (κ2) is 5.94. The van der Waals surface area contributed by atoms with Crippen molar-refractivity contribution in [1.29, 1.82) is 0 Å². The fraction of sp³-hybridized carbons (Fsp3) is 1.00. The molecule has 3 aliphatic rings. The average molecular weight is 254 g/mol. The molecule has 3 fully saturated rings. The summed E-state index contributed by atoms with van der Waals surface area (Å²) in [5.41, 5.74) is 0. The zero-order valence-corrected chi connectivity index (χ0v) is 11.7. The molecule has 0 spiro atoms. The Labute approximate surface area is 110 Å². The lowest BCUT2D eigenvalue weighted by molar-refractivity contribution is 0.168. The van der Waals surface area contributed by atoms with E-state index in [9.17, 15) is 0 Å². The summed E-state index contributed by atoms with van der Waals surface area (Å²) in [6.45, 7) is 3.95. The van der Waals surface area contributed by atoms with Gasteiger partial charge in [-0.05, 0) is 63.3 Å². The van der Waals surface area contributed by atoms with Crippen LogP contribution in [0.25, 0.3) is 0 Å². The van der Waals surface area contributed by atoms with E-state index in [2.05, 4.69) is 22.0 Å². The fourth-order valence-corrected chi connectivity index (χ4v) is 4.38. The molecule has 0 bridgehead atoms. The maximum atomic E-state index is 3.78. The first-order chi connectivity index (χ1) is 8.42. The Hall–Kier alpha value is 0.270. The standard InChI is InChI=1S/C14H26N2S/c1-2-14-10-13(5-8-16(14)7-1)15-6-9-17-11-12-3-4-12/h12-15H,1-11H2/t13-,14+/m0/s1. The van der Waals surface area contributed by atoms with E-state index < -0.39 is 0 Å². The molecule has 2 nitrogen and oxygen atoms in total. The van der Waals surface area contributed by atoms with Crippen LogP contribution in [0, 0.1) is 5.92 Å². The number of piperidine rings is 1. The first-order valence-corrected chi connectivity index (χ1v) is 8.62. The molecular weight excluding hydrogens is 228 g/mol. The van der Waals surface area contributed by atoms with Crippen molar-refractivity contribution < 1.29 is 0 Å². The Kier molecular flexibility index (Phi) is 4.30. The molecule has 98 valence electrons. The summed E-state index contributed by atoms with van der Waals surface area (Å²) in [6.07, 6.45) is 8.68. The van der Waals surface area contributed by atoms with Gasteiger partial charge in [0.2, 0.25) is 0 Å². The highest BCUT2D eigenvalue weighted by Crippen LogP contribution is 2.32. The topological polar surface area (TPSA) is 15.3 Å². The highest BCUT2D eigenvalue weighted by atomic mass is 32.2. The predicted molar refractivity (Wildman–Crippen MR) is 75.7 cm³/mol. The molecule has 1 N–H and O–H groups in total. The molecule has 2 heterocycles. The van der Waals surface area contributed by atoms with Gasteiger partial charge in [-0.1, -0.05) is 0 Å². The number of nitrogens with zero attached hydrogens (tertiary/aromatic N) is 1. The van der Waals surface area contributed by atoms with Gasteiger partial charge in [0, 0.05) is 24.4 Å². The Balaban J connectivity index is 1.27. The number of thioether (sulfide) groups is 1. The Bertz CT molecular complexity index is 242. The van der Waals surface area contributed by atoms with Gasteiger partial charge in [-0.2, -0.15) is 11.8 Å². The van der Waals surface area contributed by atoms with Crippen molar-refractivity contribution in [3.05, 3.63) is 0 Å². The van der Waals surface area contributed by atoms with Crippen LogP contribution in [0.15, 0.2) is 0 Å². The molecule has 0 aromatic rings. The monoisotopic (exact) mass is 254 g/mol. The fourth-order valence-electron chi connectivity index (χ4n) is 3.28. The molecule has 0 aromatic carbocycles. The van der Waals surface area contributed by atoms with E-state index in [1.165, 1.54) is 69.7 Å². The molecule has 3 heteroatoms. The van der Waals surface area contributed by atoms with E-state index in [0.717, 1.165) is 18.0 Å². The molecule has 0 aromatic heterocycles. The molecule has 1 aliphatic carbocycles. The summed E-state index contributed by atoms with van der Waals surface area (Å²) in [5, 5.41) is 3.78. The molecule has 0 amide bonds. The molecular formula is C14H26N2S. The van der Waals surface area contributed by atoms with Crippen LogP contribution >= 0.6 is 11.8 Å². The predicted octanol–water partition coefficient (Wildman–Crippen LogP) is 2.35. The lowest BCUT2D eigenvalue weighted by Gasteiger charge is -2.35. The van der Waals surface area contributed by atoms with Crippen LogP contribution in [0.1, 0.15) is 38.5 Å². The third-order valence-electron chi connectivity index (χ3n) is 4.55. The smallest absolute Gasteiger partial charge is 0.0111 e. The highest BCUT2D eigenvalue weighted by Gasteiger charge is 2.31. The van der Waals surface area contributed by atoms with Crippen molar-refractivity contribution in [3.8, 4) is 0 Å². The molecule has 0 radical (unpaired) electrons. The van der Waals surface area contributed by atoms with Crippen LogP contribution in [0.5, 0.6) is 0 Å². The number of fused-ring (bicyclic) bond motifs is 1. The zero-order valence-electron chi connectivity index (χ0n) is 10.9. The van der Waals surface area contributed by atoms with Crippen molar-refractivity contribution >= 4 is 11.8 Å².